The molecular weight excluding hydrogens is 611 g/mol. The van der Waals surface area contributed by atoms with Gasteiger partial charge in [0.25, 0.3) is 0 Å². The van der Waals surface area contributed by atoms with Gasteiger partial charge in [-0.3, -0.25) is 4.99 Å². The number of nitrogens with zero attached hydrogens (tertiary/aromatic N) is 3. The van der Waals surface area contributed by atoms with E-state index in [2.05, 4.69) is 151 Å². The molecule has 0 aliphatic heterocycles. The van der Waals surface area contributed by atoms with E-state index in [0.29, 0.717) is 18.2 Å². The van der Waals surface area contributed by atoms with Crippen molar-refractivity contribution in [2.24, 2.45) is 15.0 Å². The van der Waals surface area contributed by atoms with E-state index < -0.39 is 0 Å². The first kappa shape index (κ1) is 29.5. The summed E-state index contributed by atoms with van der Waals surface area (Å²) in [6.07, 6.45) is 0. The number of aliphatic imine (C=N–C) groups is 3. The summed E-state index contributed by atoms with van der Waals surface area (Å²) < 4.78 is 6.38. The minimum atomic E-state index is 0.467. The predicted octanol–water partition coefficient (Wildman–Crippen LogP) is 11.8. The molecule has 0 saturated carbocycles. The van der Waals surface area contributed by atoms with Gasteiger partial charge in [0.2, 0.25) is 0 Å². The molecule has 236 valence electrons. The van der Waals surface area contributed by atoms with Gasteiger partial charge in [0, 0.05) is 21.9 Å². The van der Waals surface area contributed by atoms with Crippen LogP contribution in [-0.4, -0.2) is 18.4 Å². The molecule has 9 aromatic rings. The van der Waals surface area contributed by atoms with Crippen molar-refractivity contribution in [3.8, 4) is 11.1 Å². The molecule has 0 atom stereocenters. The number of rotatable bonds is 5. The lowest BCUT2D eigenvalue weighted by atomic mass is 9.98. The molecule has 0 spiro atoms. The van der Waals surface area contributed by atoms with Crippen LogP contribution in [0.1, 0.15) is 16.7 Å². The number of amidine groups is 2. The fourth-order valence-electron chi connectivity index (χ4n) is 6.87. The molecule has 8 aromatic carbocycles. The van der Waals surface area contributed by atoms with Crippen molar-refractivity contribution in [1.29, 1.82) is 0 Å². The summed E-state index contributed by atoms with van der Waals surface area (Å²) in [5.74, 6) is 1.08. The van der Waals surface area contributed by atoms with Gasteiger partial charge in [-0.25, -0.2) is 9.98 Å². The molecule has 0 radical (unpaired) electrons. The number of hydrogen-bond donors (Lipinski definition) is 0. The van der Waals surface area contributed by atoms with Crippen molar-refractivity contribution in [2.45, 2.75) is 6.54 Å². The minimum Gasteiger partial charge on any atom is -0.456 e. The van der Waals surface area contributed by atoms with Crippen LogP contribution in [0.4, 0.5) is 0 Å². The molecule has 0 unspecified atom stereocenters. The summed E-state index contributed by atoms with van der Waals surface area (Å²) in [6.45, 7) is 4.45. The zero-order valence-corrected chi connectivity index (χ0v) is 27.3. The zero-order valence-electron chi connectivity index (χ0n) is 27.3. The van der Waals surface area contributed by atoms with Gasteiger partial charge in [-0.2, -0.15) is 0 Å². The summed E-state index contributed by atoms with van der Waals surface area (Å²) in [5.41, 5.74) is 6.69. The first-order chi connectivity index (χ1) is 24.7. The minimum absolute atomic E-state index is 0.467. The molecule has 0 fully saturated rings. The quantitative estimate of drug-likeness (QED) is 0.136. The molecule has 0 saturated heterocycles. The first-order valence-electron chi connectivity index (χ1n) is 16.7. The van der Waals surface area contributed by atoms with Gasteiger partial charge >= 0.3 is 0 Å². The lowest BCUT2D eigenvalue weighted by Crippen LogP contribution is -2.06. The van der Waals surface area contributed by atoms with Crippen molar-refractivity contribution in [3.05, 3.63) is 180 Å². The molecule has 4 heteroatoms. The topological polar surface area (TPSA) is 50.2 Å². The van der Waals surface area contributed by atoms with E-state index in [9.17, 15) is 0 Å². The summed E-state index contributed by atoms with van der Waals surface area (Å²) in [4.78, 5) is 14.8. The molecule has 0 bridgehead atoms. The number of furan rings is 1. The van der Waals surface area contributed by atoms with Crippen LogP contribution in [0.2, 0.25) is 0 Å². The lowest BCUT2D eigenvalue weighted by molar-refractivity contribution is 0.669. The van der Waals surface area contributed by atoms with E-state index in [1.807, 2.05) is 24.3 Å². The Morgan fingerprint density at radius 3 is 1.86 bits per heavy atom. The Kier molecular flexibility index (Phi) is 7.33. The predicted molar refractivity (Wildman–Crippen MR) is 211 cm³/mol. The molecule has 0 aliphatic rings. The average molecular weight is 642 g/mol. The number of hydrogen-bond acceptors (Lipinski definition) is 2. The van der Waals surface area contributed by atoms with Gasteiger partial charge in [-0.15, -0.1) is 0 Å². The summed E-state index contributed by atoms with van der Waals surface area (Å²) >= 11 is 0. The summed E-state index contributed by atoms with van der Waals surface area (Å²) in [5, 5.41) is 9.04. The molecular formula is C46H31N3O. The second-order valence-electron chi connectivity index (χ2n) is 12.5. The maximum Gasteiger partial charge on any atom is 0.161 e. The third kappa shape index (κ3) is 5.43. The Morgan fingerprint density at radius 2 is 1.12 bits per heavy atom. The summed E-state index contributed by atoms with van der Waals surface area (Å²) in [7, 11) is 0. The fourth-order valence-corrected chi connectivity index (χ4v) is 6.87. The molecule has 9 rings (SSSR count). The second-order valence-corrected chi connectivity index (χ2v) is 12.5. The fraction of sp³-hybridized carbons (Fsp3) is 0.0217. The Morgan fingerprint density at radius 1 is 0.500 bits per heavy atom. The Balaban J connectivity index is 1.18. The van der Waals surface area contributed by atoms with Gasteiger partial charge in [-0.1, -0.05) is 127 Å². The van der Waals surface area contributed by atoms with E-state index in [4.69, 9.17) is 14.4 Å². The highest BCUT2D eigenvalue weighted by molar-refractivity contribution is 6.22. The van der Waals surface area contributed by atoms with Crippen LogP contribution in [-0.2, 0) is 6.54 Å². The third-order valence-electron chi connectivity index (χ3n) is 9.41. The third-order valence-corrected chi connectivity index (χ3v) is 9.41. The van der Waals surface area contributed by atoms with Crippen LogP contribution in [0.3, 0.4) is 0 Å². The normalized spacial score (nSPS) is 12.4. The Hall–Kier alpha value is -6.65. The van der Waals surface area contributed by atoms with E-state index in [-0.39, 0.29) is 0 Å². The molecule has 1 heterocycles. The van der Waals surface area contributed by atoms with Crippen LogP contribution in [0.15, 0.2) is 183 Å². The van der Waals surface area contributed by atoms with E-state index in [0.717, 1.165) is 60.5 Å². The summed E-state index contributed by atoms with van der Waals surface area (Å²) in [6, 6.07) is 56.9. The Bertz CT molecular complexity index is 2820. The van der Waals surface area contributed by atoms with Crippen molar-refractivity contribution in [1.82, 2.24) is 0 Å². The lowest BCUT2D eigenvalue weighted by Gasteiger charge is -2.09. The first-order valence-corrected chi connectivity index (χ1v) is 16.7. The highest BCUT2D eigenvalue weighted by Crippen LogP contribution is 2.36. The molecule has 50 heavy (non-hydrogen) atoms. The molecule has 0 N–H and O–H groups in total. The van der Waals surface area contributed by atoms with Crippen LogP contribution in [0, 0.1) is 0 Å². The standard InChI is InChI=1S/C46H31N3O/c1-47-46(40-15-8-16-43-44(40)41-28-38(23-24-42(41)50-43)37-21-19-32-10-3-6-13-35(32)26-37)49-45(39-22-20-33-11-4-7-14-36(33)27-39)48-29-30-17-18-31-9-2-5-12-34(31)25-30/h2-28H,1,29H2. The van der Waals surface area contributed by atoms with Crippen molar-refractivity contribution >= 4 is 72.6 Å². The van der Waals surface area contributed by atoms with Gasteiger partial charge in [-0.05, 0) is 92.1 Å². The van der Waals surface area contributed by atoms with E-state index in [1.165, 1.54) is 21.5 Å². The van der Waals surface area contributed by atoms with Gasteiger partial charge in [0.05, 0.1) is 6.54 Å². The van der Waals surface area contributed by atoms with Crippen molar-refractivity contribution in [3.63, 3.8) is 0 Å². The zero-order chi connectivity index (χ0) is 33.4. The van der Waals surface area contributed by atoms with Gasteiger partial charge < -0.3 is 4.42 Å². The number of benzene rings is 8. The highest BCUT2D eigenvalue weighted by Gasteiger charge is 2.17. The Labute approximate surface area is 289 Å². The number of fused-ring (bicyclic) bond motifs is 6. The van der Waals surface area contributed by atoms with Gasteiger partial charge in [0.1, 0.15) is 11.2 Å². The molecule has 0 amide bonds. The van der Waals surface area contributed by atoms with E-state index >= 15 is 0 Å². The maximum absolute atomic E-state index is 6.38. The van der Waals surface area contributed by atoms with Crippen molar-refractivity contribution < 1.29 is 4.42 Å². The maximum atomic E-state index is 6.38. The molecule has 0 aliphatic carbocycles. The largest absolute Gasteiger partial charge is 0.456 e. The van der Waals surface area contributed by atoms with Crippen LogP contribution < -0.4 is 0 Å². The van der Waals surface area contributed by atoms with Crippen molar-refractivity contribution in [2.75, 3.05) is 0 Å². The SMILES string of the molecule is C=NC(=NC(=NCc1ccc2ccccc2c1)c1ccc2ccccc2c1)c1cccc2oc3ccc(-c4ccc5ccccc5c4)cc3c12. The highest BCUT2D eigenvalue weighted by atomic mass is 16.3. The van der Waals surface area contributed by atoms with Crippen LogP contribution in [0.5, 0.6) is 0 Å². The molecule has 1 aromatic heterocycles. The monoisotopic (exact) mass is 641 g/mol. The van der Waals surface area contributed by atoms with Gasteiger partial charge in [0.15, 0.2) is 11.7 Å². The van der Waals surface area contributed by atoms with Crippen LogP contribution >= 0.6 is 0 Å². The van der Waals surface area contributed by atoms with Crippen LogP contribution in [0.25, 0.3) is 65.4 Å². The smallest absolute Gasteiger partial charge is 0.161 e. The average Bonchev–Trinajstić information content (AvgIpc) is 3.56. The second kappa shape index (κ2) is 12.4. The molecule has 4 nitrogen and oxygen atoms in total. The van der Waals surface area contributed by atoms with E-state index in [1.54, 1.807) is 0 Å².